The number of carboxylic acids is 2. The molecule has 0 radical (unpaired) electrons. The van der Waals surface area contributed by atoms with Crippen molar-refractivity contribution < 1.29 is 64.8 Å². The Balaban J connectivity index is 0.000000333. The second-order valence-electron chi connectivity index (χ2n) is 8.39. The number of ether oxygens (including phenoxy) is 2. The van der Waals surface area contributed by atoms with E-state index in [0.717, 1.165) is 12.8 Å². The molecule has 1 amide bonds. The summed E-state index contributed by atoms with van der Waals surface area (Å²) in [5.74, 6) is -6.11. The largest absolute Gasteiger partial charge is 0.490 e. The van der Waals surface area contributed by atoms with Crippen LogP contribution in [0.2, 0.25) is 0 Å². The normalized spacial score (nSPS) is 20.2. The molecule has 220 valence electrons. The number of likely N-dealkylation sites (tertiary alicyclic amines) is 1. The number of carboxylic acid groups (broad SMARTS) is 2. The van der Waals surface area contributed by atoms with Crippen LogP contribution in [-0.4, -0.2) is 87.7 Å². The first-order chi connectivity index (χ1) is 18.6. The second kappa shape index (κ2) is 13.4. The van der Waals surface area contributed by atoms with Gasteiger partial charge in [0.1, 0.15) is 5.69 Å². The molecule has 4 heterocycles. The van der Waals surface area contributed by atoms with Crippen LogP contribution in [0.15, 0.2) is 42.7 Å². The van der Waals surface area contributed by atoms with E-state index in [0.29, 0.717) is 25.4 Å². The van der Waals surface area contributed by atoms with Crippen molar-refractivity contribution in [2.24, 2.45) is 5.41 Å². The number of hydrogen-bond acceptors (Lipinski definition) is 7. The van der Waals surface area contributed by atoms with Gasteiger partial charge in [-0.3, -0.25) is 9.78 Å². The lowest BCUT2D eigenvalue weighted by Crippen LogP contribution is -2.54. The molecule has 2 fully saturated rings. The Morgan fingerprint density at radius 2 is 1.60 bits per heavy atom. The molecule has 40 heavy (non-hydrogen) atoms. The predicted octanol–water partition coefficient (Wildman–Crippen LogP) is 3.58. The van der Waals surface area contributed by atoms with Gasteiger partial charge in [0.05, 0.1) is 18.1 Å². The van der Waals surface area contributed by atoms with Crippen molar-refractivity contribution in [2.45, 2.75) is 31.3 Å². The van der Waals surface area contributed by atoms with E-state index >= 15 is 0 Å². The van der Waals surface area contributed by atoms with Crippen LogP contribution in [0.1, 0.15) is 23.3 Å². The number of rotatable bonds is 4. The number of aromatic nitrogens is 2. The Morgan fingerprint density at radius 1 is 1.00 bits per heavy atom. The standard InChI is InChI=1S/C19H20FN3O3.2C2HF3O2/c20-14-4-3-9-22-17(14)26-13-19-7-11-25-16(19)6-10-23(12-19)18(24)15-5-1-2-8-21-15;2*3-2(4,5)1(6)7/h1-5,8-9,16H,6-7,10-13H2;2*(H,6,7)/t16-,19+;;/m1../s1. The fourth-order valence-electron chi connectivity index (χ4n) is 3.77. The number of pyridine rings is 2. The number of amides is 1. The topological polar surface area (TPSA) is 139 Å². The van der Waals surface area contributed by atoms with E-state index in [1.54, 1.807) is 29.3 Å². The first-order valence-corrected chi connectivity index (χ1v) is 11.2. The van der Waals surface area contributed by atoms with Crippen LogP contribution in [0.25, 0.3) is 0 Å². The molecule has 2 aliphatic rings. The highest BCUT2D eigenvalue weighted by molar-refractivity contribution is 5.92. The summed E-state index contributed by atoms with van der Waals surface area (Å²) in [4.78, 5) is 40.5. The van der Waals surface area contributed by atoms with Crippen LogP contribution in [-0.2, 0) is 14.3 Å². The highest BCUT2D eigenvalue weighted by Gasteiger charge is 2.50. The van der Waals surface area contributed by atoms with E-state index in [-0.39, 0.29) is 29.9 Å². The quantitative estimate of drug-likeness (QED) is 0.516. The highest BCUT2D eigenvalue weighted by atomic mass is 19.4. The van der Waals surface area contributed by atoms with E-state index in [4.69, 9.17) is 29.3 Å². The van der Waals surface area contributed by atoms with Crippen LogP contribution in [0, 0.1) is 11.2 Å². The summed E-state index contributed by atoms with van der Waals surface area (Å²) >= 11 is 0. The molecule has 2 N–H and O–H groups in total. The van der Waals surface area contributed by atoms with Gasteiger partial charge in [-0.25, -0.2) is 19.0 Å². The summed E-state index contributed by atoms with van der Waals surface area (Å²) in [6.45, 7) is 1.99. The van der Waals surface area contributed by atoms with Gasteiger partial charge in [-0.2, -0.15) is 26.3 Å². The number of piperidine rings is 1. The lowest BCUT2D eigenvalue weighted by Gasteiger charge is -2.43. The highest BCUT2D eigenvalue weighted by Crippen LogP contribution is 2.41. The van der Waals surface area contributed by atoms with Gasteiger partial charge in [0, 0.05) is 32.1 Å². The number of hydrogen-bond donors (Lipinski definition) is 2. The minimum Gasteiger partial charge on any atom is -0.475 e. The average molecular weight is 585 g/mol. The third kappa shape index (κ3) is 9.03. The summed E-state index contributed by atoms with van der Waals surface area (Å²) < 4.78 is 88.9. The number of alkyl halides is 6. The third-order valence-corrected chi connectivity index (χ3v) is 5.65. The van der Waals surface area contributed by atoms with E-state index < -0.39 is 30.1 Å². The lowest BCUT2D eigenvalue weighted by atomic mass is 9.77. The molecule has 2 aromatic rings. The summed E-state index contributed by atoms with van der Waals surface area (Å²) in [5, 5.41) is 14.2. The van der Waals surface area contributed by atoms with Gasteiger partial charge in [0.25, 0.3) is 5.91 Å². The second-order valence-corrected chi connectivity index (χ2v) is 8.39. The van der Waals surface area contributed by atoms with Crippen molar-refractivity contribution in [1.29, 1.82) is 0 Å². The molecule has 0 saturated carbocycles. The Morgan fingerprint density at radius 3 is 2.12 bits per heavy atom. The number of halogens is 7. The Labute approximate surface area is 221 Å². The predicted molar refractivity (Wildman–Crippen MR) is 119 cm³/mol. The average Bonchev–Trinajstić information content (AvgIpc) is 3.31. The fourth-order valence-corrected chi connectivity index (χ4v) is 3.77. The number of carbonyl (C=O) groups is 3. The summed E-state index contributed by atoms with van der Waals surface area (Å²) in [6.07, 6.45) is -5.56. The molecule has 2 aromatic heterocycles. The first-order valence-electron chi connectivity index (χ1n) is 11.2. The van der Waals surface area contributed by atoms with Gasteiger partial charge < -0.3 is 24.6 Å². The molecule has 2 aliphatic heterocycles. The molecule has 0 aliphatic carbocycles. The maximum absolute atomic E-state index is 13.8. The summed E-state index contributed by atoms with van der Waals surface area (Å²) in [6, 6.07) is 8.14. The maximum Gasteiger partial charge on any atom is 0.490 e. The smallest absolute Gasteiger partial charge is 0.475 e. The van der Waals surface area contributed by atoms with Gasteiger partial charge in [0.2, 0.25) is 5.88 Å². The molecule has 4 rings (SSSR count). The molecular weight excluding hydrogens is 563 g/mol. The molecule has 0 unspecified atom stereocenters. The molecule has 10 nitrogen and oxygen atoms in total. The van der Waals surface area contributed by atoms with Crippen LogP contribution in [0.4, 0.5) is 30.7 Å². The van der Waals surface area contributed by atoms with E-state index in [1.807, 2.05) is 0 Å². The molecule has 0 aromatic carbocycles. The van der Waals surface area contributed by atoms with Crippen molar-refractivity contribution in [3.8, 4) is 5.88 Å². The van der Waals surface area contributed by atoms with Crippen molar-refractivity contribution in [2.75, 3.05) is 26.3 Å². The Hall–Kier alpha value is -4.02. The van der Waals surface area contributed by atoms with Crippen LogP contribution < -0.4 is 4.74 Å². The molecular formula is C23H22F7N3O7. The number of fused-ring (bicyclic) bond motifs is 1. The van der Waals surface area contributed by atoms with Gasteiger partial charge in [-0.1, -0.05) is 6.07 Å². The molecule has 2 saturated heterocycles. The summed E-state index contributed by atoms with van der Waals surface area (Å²) in [5.41, 5.74) is 0.0730. The first kappa shape index (κ1) is 32.2. The lowest BCUT2D eigenvalue weighted by molar-refractivity contribution is -0.193. The van der Waals surface area contributed by atoms with Gasteiger partial charge >= 0.3 is 24.3 Å². The number of carbonyl (C=O) groups excluding carboxylic acids is 1. The van der Waals surface area contributed by atoms with Crippen molar-refractivity contribution in [1.82, 2.24) is 14.9 Å². The van der Waals surface area contributed by atoms with E-state index in [2.05, 4.69) is 9.97 Å². The zero-order chi connectivity index (χ0) is 30.1. The zero-order valence-corrected chi connectivity index (χ0v) is 20.3. The number of nitrogens with zero attached hydrogens (tertiary/aromatic N) is 3. The van der Waals surface area contributed by atoms with E-state index in [9.17, 15) is 35.5 Å². The van der Waals surface area contributed by atoms with Crippen LogP contribution in [0.5, 0.6) is 5.88 Å². The third-order valence-electron chi connectivity index (χ3n) is 5.65. The van der Waals surface area contributed by atoms with Gasteiger partial charge in [0.15, 0.2) is 5.82 Å². The van der Waals surface area contributed by atoms with Crippen molar-refractivity contribution in [3.05, 3.63) is 54.2 Å². The zero-order valence-electron chi connectivity index (χ0n) is 20.3. The van der Waals surface area contributed by atoms with Gasteiger partial charge in [-0.15, -0.1) is 0 Å². The Kier molecular flexibility index (Phi) is 10.8. The Bertz CT molecular complexity index is 1140. The molecule has 0 spiro atoms. The van der Waals surface area contributed by atoms with Gasteiger partial charge in [-0.05, 0) is 37.1 Å². The molecule has 2 atom stereocenters. The minimum absolute atomic E-state index is 0.00190. The summed E-state index contributed by atoms with van der Waals surface area (Å²) in [7, 11) is 0. The maximum atomic E-state index is 13.8. The van der Waals surface area contributed by atoms with E-state index in [1.165, 1.54) is 18.3 Å². The van der Waals surface area contributed by atoms with Crippen LogP contribution >= 0.6 is 0 Å². The molecule has 17 heteroatoms. The number of aliphatic carboxylic acids is 2. The SMILES string of the molecule is O=C(O)C(F)(F)F.O=C(O)C(F)(F)F.O=C(c1ccccn1)N1CC[C@H]2OCC[C@@]2(COc2ncccc2F)C1. The monoisotopic (exact) mass is 585 g/mol. The molecule has 0 bridgehead atoms. The van der Waals surface area contributed by atoms with Crippen LogP contribution in [0.3, 0.4) is 0 Å². The minimum atomic E-state index is -5.08. The fraction of sp³-hybridized carbons (Fsp3) is 0.435. The van der Waals surface area contributed by atoms with Crippen molar-refractivity contribution >= 4 is 17.8 Å². The van der Waals surface area contributed by atoms with Crippen molar-refractivity contribution in [3.63, 3.8) is 0 Å².